The Balaban J connectivity index is 3.13. The molecule has 0 saturated carbocycles. The van der Waals surface area contributed by atoms with Gasteiger partial charge in [0, 0.05) is 11.5 Å². The zero-order valence-electron chi connectivity index (χ0n) is 9.59. The van der Waals surface area contributed by atoms with Crippen LogP contribution in [0.2, 0.25) is 6.82 Å². The maximum atomic E-state index is 13.8. The number of anilines is 1. The van der Waals surface area contributed by atoms with Gasteiger partial charge < -0.3 is 10.8 Å². The number of nitrogens with two attached hydrogens (primary N) is 1. The van der Waals surface area contributed by atoms with Crippen molar-refractivity contribution in [1.29, 1.82) is 0 Å². The van der Waals surface area contributed by atoms with Crippen LogP contribution in [0.25, 0.3) is 10.8 Å². The van der Waals surface area contributed by atoms with Crippen LogP contribution in [0.15, 0.2) is 12.1 Å². The van der Waals surface area contributed by atoms with Gasteiger partial charge in [0.05, 0.1) is 16.6 Å². The lowest BCUT2D eigenvalue weighted by Crippen LogP contribution is -2.15. The molecule has 0 spiro atoms. The van der Waals surface area contributed by atoms with E-state index in [0.717, 1.165) is 0 Å². The summed E-state index contributed by atoms with van der Waals surface area (Å²) in [6.45, 7) is 1.69. The maximum Gasteiger partial charge on any atom is 0.149 e. The Morgan fingerprint density at radius 1 is 1.28 bits per heavy atom. The molecule has 0 aliphatic rings. The average molecular weight is 244 g/mol. The standard InChI is InChI=1S/C13H9BF2NO/c1-3-6-8(15)5-9(16)12-11(6)7(14-2)4-10(17)13(12)18/h1,4-5,18H,17H2,2H3. The van der Waals surface area contributed by atoms with Crippen molar-refractivity contribution < 1.29 is 13.9 Å². The SMILES string of the molecule is C#Cc1c(F)cc(F)c2c(O)c(N)cc([B]C)c12. The van der Waals surface area contributed by atoms with Crippen molar-refractivity contribution in [3.63, 3.8) is 0 Å². The molecular weight excluding hydrogens is 235 g/mol. The molecule has 2 aromatic rings. The lowest BCUT2D eigenvalue weighted by Gasteiger charge is -2.12. The van der Waals surface area contributed by atoms with Crippen LogP contribution in [0.4, 0.5) is 14.5 Å². The van der Waals surface area contributed by atoms with Crippen molar-refractivity contribution in [2.24, 2.45) is 0 Å². The van der Waals surface area contributed by atoms with E-state index in [4.69, 9.17) is 12.2 Å². The molecule has 0 heterocycles. The zero-order valence-corrected chi connectivity index (χ0v) is 9.59. The first-order chi connectivity index (χ1) is 8.51. The van der Waals surface area contributed by atoms with Crippen LogP contribution >= 0.6 is 0 Å². The molecule has 2 rings (SSSR count). The van der Waals surface area contributed by atoms with Gasteiger partial charge in [-0.25, -0.2) is 8.78 Å². The second-order valence-electron chi connectivity index (χ2n) is 3.80. The molecule has 0 fully saturated rings. The number of hydrogen-bond donors (Lipinski definition) is 2. The van der Waals surface area contributed by atoms with Crippen LogP contribution in [0, 0.1) is 24.0 Å². The molecule has 1 radical (unpaired) electrons. The highest BCUT2D eigenvalue weighted by molar-refractivity contribution is 6.56. The predicted molar refractivity (Wildman–Crippen MR) is 69.1 cm³/mol. The van der Waals surface area contributed by atoms with Crippen molar-refractivity contribution in [1.82, 2.24) is 0 Å². The van der Waals surface area contributed by atoms with Gasteiger partial charge >= 0.3 is 0 Å². The number of phenolic OH excluding ortho intramolecular Hbond substituents is 1. The van der Waals surface area contributed by atoms with E-state index in [9.17, 15) is 13.9 Å². The first kappa shape index (κ1) is 12.2. The highest BCUT2D eigenvalue weighted by Gasteiger charge is 2.18. The minimum Gasteiger partial charge on any atom is -0.505 e. The van der Waals surface area contributed by atoms with Crippen molar-refractivity contribution in [3.8, 4) is 18.1 Å². The monoisotopic (exact) mass is 244 g/mol. The third-order valence-electron chi connectivity index (χ3n) is 2.80. The number of terminal acetylenes is 1. The van der Waals surface area contributed by atoms with Gasteiger partial charge in [-0.3, -0.25) is 0 Å². The van der Waals surface area contributed by atoms with Crippen LogP contribution in [0.1, 0.15) is 5.56 Å². The summed E-state index contributed by atoms with van der Waals surface area (Å²) in [6.07, 6.45) is 5.24. The van der Waals surface area contributed by atoms with Gasteiger partial charge in [-0.1, -0.05) is 18.2 Å². The van der Waals surface area contributed by atoms with Crippen molar-refractivity contribution in [3.05, 3.63) is 29.3 Å². The Bertz CT molecular complexity index is 692. The van der Waals surface area contributed by atoms with Gasteiger partial charge in [0.2, 0.25) is 0 Å². The zero-order chi connectivity index (χ0) is 13.4. The second kappa shape index (κ2) is 4.23. The van der Waals surface area contributed by atoms with Gasteiger partial charge in [-0.05, 0) is 6.07 Å². The van der Waals surface area contributed by atoms with E-state index < -0.39 is 17.4 Å². The topological polar surface area (TPSA) is 46.2 Å². The van der Waals surface area contributed by atoms with Crippen LogP contribution in [0.3, 0.4) is 0 Å². The fourth-order valence-electron chi connectivity index (χ4n) is 1.96. The molecule has 0 atom stereocenters. The van der Waals surface area contributed by atoms with Gasteiger partial charge in [0.1, 0.15) is 24.7 Å². The number of nitrogen functional groups attached to an aromatic ring is 1. The van der Waals surface area contributed by atoms with Crippen molar-refractivity contribution in [2.75, 3.05) is 5.73 Å². The maximum absolute atomic E-state index is 13.8. The van der Waals surface area contributed by atoms with Gasteiger partial charge in [-0.15, -0.1) is 6.42 Å². The molecule has 2 aromatic carbocycles. The van der Waals surface area contributed by atoms with Crippen LogP contribution in [0.5, 0.6) is 5.75 Å². The Morgan fingerprint density at radius 3 is 2.50 bits per heavy atom. The minimum atomic E-state index is -0.894. The summed E-state index contributed by atoms with van der Waals surface area (Å²) in [7, 11) is 1.62. The normalized spacial score (nSPS) is 10.3. The van der Waals surface area contributed by atoms with E-state index in [0.29, 0.717) is 11.5 Å². The summed E-state index contributed by atoms with van der Waals surface area (Å²) in [6, 6.07) is 2.08. The molecule has 0 aliphatic heterocycles. The molecule has 0 unspecified atom stereocenters. The number of phenols is 1. The summed E-state index contributed by atoms with van der Waals surface area (Å²) in [5, 5.41) is 9.80. The highest BCUT2D eigenvalue weighted by atomic mass is 19.1. The first-order valence-electron chi connectivity index (χ1n) is 5.20. The number of hydrogen-bond acceptors (Lipinski definition) is 2. The lowest BCUT2D eigenvalue weighted by molar-refractivity contribution is 0.480. The van der Waals surface area contributed by atoms with Crippen molar-refractivity contribution >= 4 is 29.2 Å². The molecule has 18 heavy (non-hydrogen) atoms. The van der Waals surface area contributed by atoms with Crippen LogP contribution < -0.4 is 11.2 Å². The molecule has 0 amide bonds. The Labute approximate surface area is 104 Å². The predicted octanol–water partition coefficient (Wildman–Crippen LogP) is 1.76. The van der Waals surface area contributed by atoms with Crippen LogP contribution in [-0.4, -0.2) is 12.4 Å². The molecule has 0 bridgehead atoms. The number of benzene rings is 2. The molecule has 3 N–H and O–H groups in total. The van der Waals surface area contributed by atoms with E-state index in [1.807, 2.05) is 0 Å². The molecule has 89 valence electrons. The molecule has 0 aromatic heterocycles. The molecule has 2 nitrogen and oxygen atoms in total. The lowest BCUT2D eigenvalue weighted by atomic mass is 9.70. The Hall–Kier alpha value is -2.22. The third-order valence-corrected chi connectivity index (χ3v) is 2.80. The largest absolute Gasteiger partial charge is 0.505 e. The second-order valence-corrected chi connectivity index (χ2v) is 3.80. The molecule has 0 saturated heterocycles. The Morgan fingerprint density at radius 2 is 1.94 bits per heavy atom. The van der Waals surface area contributed by atoms with Gasteiger partial charge in [-0.2, -0.15) is 0 Å². The third kappa shape index (κ3) is 1.58. The summed E-state index contributed by atoms with van der Waals surface area (Å²) in [5.41, 5.74) is 5.99. The summed E-state index contributed by atoms with van der Waals surface area (Å²) in [5.74, 6) is 0.0147. The van der Waals surface area contributed by atoms with Crippen molar-refractivity contribution in [2.45, 2.75) is 6.82 Å². The summed E-state index contributed by atoms with van der Waals surface area (Å²) >= 11 is 0. The molecule has 0 aliphatic carbocycles. The number of fused-ring (bicyclic) bond motifs is 1. The summed E-state index contributed by atoms with van der Waals surface area (Å²) < 4.78 is 27.4. The number of aromatic hydroxyl groups is 1. The van der Waals surface area contributed by atoms with E-state index >= 15 is 0 Å². The number of rotatable bonds is 1. The first-order valence-corrected chi connectivity index (χ1v) is 5.20. The van der Waals surface area contributed by atoms with Crippen LogP contribution in [-0.2, 0) is 0 Å². The van der Waals surface area contributed by atoms with E-state index in [1.54, 1.807) is 14.1 Å². The number of halogens is 2. The van der Waals surface area contributed by atoms with E-state index in [-0.39, 0.29) is 22.0 Å². The molecular formula is C13H9BF2NO. The fourth-order valence-corrected chi connectivity index (χ4v) is 1.96. The van der Waals surface area contributed by atoms with Gasteiger partial charge in [0.15, 0.2) is 0 Å². The average Bonchev–Trinajstić information content (AvgIpc) is 2.33. The molecule has 5 heteroatoms. The fraction of sp³-hybridized carbons (Fsp3) is 0.0769. The minimum absolute atomic E-state index is 0.0177. The quantitative estimate of drug-likeness (QED) is 0.347. The van der Waals surface area contributed by atoms with Gasteiger partial charge in [0.25, 0.3) is 0 Å². The highest BCUT2D eigenvalue weighted by Crippen LogP contribution is 2.34. The summed E-state index contributed by atoms with van der Waals surface area (Å²) in [4.78, 5) is 0. The van der Waals surface area contributed by atoms with E-state index in [2.05, 4.69) is 5.92 Å². The van der Waals surface area contributed by atoms with E-state index in [1.165, 1.54) is 6.07 Å². The Kier molecular flexibility index (Phi) is 2.88. The smallest absolute Gasteiger partial charge is 0.149 e.